The summed E-state index contributed by atoms with van der Waals surface area (Å²) in [5, 5.41) is 1.58. The molecule has 0 bridgehead atoms. The van der Waals surface area contributed by atoms with Crippen molar-refractivity contribution in [3.63, 3.8) is 0 Å². The molecule has 158 valence electrons. The van der Waals surface area contributed by atoms with Crippen LogP contribution in [0.1, 0.15) is 15.5 Å². The monoisotopic (exact) mass is 448 g/mol. The lowest BCUT2D eigenvalue weighted by molar-refractivity contribution is 0.0602. The summed E-state index contributed by atoms with van der Waals surface area (Å²) in [7, 11) is -2.56. The molecule has 0 aromatic carbocycles. The Labute approximate surface area is 177 Å². The van der Waals surface area contributed by atoms with Gasteiger partial charge in [-0.25, -0.2) is 28.2 Å². The second-order valence-corrected chi connectivity index (χ2v) is 9.42. The molecule has 1 saturated heterocycles. The highest BCUT2D eigenvalue weighted by Gasteiger charge is 2.33. The molecule has 10 nitrogen and oxygen atoms in total. The Balaban J connectivity index is 1.52. The van der Waals surface area contributed by atoms with Gasteiger partial charge in [0.1, 0.15) is 33.6 Å². The first kappa shape index (κ1) is 20.4. The van der Waals surface area contributed by atoms with Crippen LogP contribution < -0.4 is 4.90 Å². The molecule has 0 aliphatic carbocycles. The van der Waals surface area contributed by atoms with Crippen molar-refractivity contribution < 1.29 is 17.9 Å². The average Bonchev–Trinajstić information content (AvgIpc) is 3.45. The van der Waals surface area contributed by atoms with Crippen LogP contribution in [-0.2, 0) is 14.8 Å². The highest BCUT2D eigenvalue weighted by Crippen LogP contribution is 2.27. The Kier molecular flexibility index (Phi) is 5.54. The van der Waals surface area contributed by atoms with Crippen molar-refractivity contribution in [3.05, 3.63) is 46.9 Å². The van der Waals surface area contributed by atoms with Crippen molar-refractivity contribution >= 4 is 33.1 Å². The van der Waals surface area contributed by atoms with Crippen molar-refractivity contribution in [2.75, 3.05) is 38.2 Å². The fourth-order valence-corrected chi connectivity index (χ4v) is 5.99. The molecule has 0 N–H and O–H groups in total. The largest absolute Gasteiger partial charge is 0.465 e. The van der Waals surface area contributed by atoms with E-state index < -0.39 is 16.0 Å². The minimum atomic E-state index is -3.79. The summed E-state index contributed by atoms with van der Waals surface area (Å²) in [6, 6.07) is 3.30. The maximum absolute atomic E-state index is 13.1. The number of aromatic nitrogens is 4. The fourth-order valence-electron chi connectivity index (χ4n) is 3.26. The molecule has 1 aliphatic heterocycles. The molecular weight excluding hydrogens is 428 g/mol. The summed E-state index contributed by atoms with van der Waals surface area (Å²) < 4.78 is 34.0. The predicted octanol–water partition coefficient (Wildman–Crippen LogP) is 1.33. The molecule has 3 aromatic rings. The van der Waals surface area contributed by atoms with E-state index in [9.17, 15) is 13.2 Å². The molecule has 12 heteroatoms. The minimum absolute atomic E-state index is 0.00641. The van der Waals surface area contributed by atoms with Gasteiger partial charge in [0.25, 0.3) is 0 Å². The van der Waals surface area contributed by atoms with Crippen LogP contribution in [0.15, 0.2) is 41.1 Å². The number of hydrogen-bond acceptors (Lipinski definition) is 9. The topological polar surface area (TPSA) is 111 Å². The van der Waals surface area contributed by atoms with Crippen LogP contribution in [0.3, 0.4) is 0 Å². The molecular formula is C18H20N6O4S2. The van der Waals surface area contributed by atoms with Gasteiger partial charge in [0.15, 0.2) is 0 Å². The number of esters is 1. The summed E-state index contributed by atoms with van der Waals surface area (Å²) in [5.74, 6) is 1.40. The summed E-state index contributed by atoms with van der Waals surface area (Å²) in [6.07, 6.45) is 5.14. The van der Waals surface area contributed by atoms with E-state index in [-0.39, 0.29) is 22.9 Å². The number of sulfonamides is 1. The van der Waals surface area contributed by atoms with Crippen LogP contribution in [0.5, 0.6) is 0 Å². The molecule has 0 atom stereocenters. The molecule has 4 rings (SSSR count). The standard InChI is InChI=1S/C18H20N6O4S2/c1-13-20-15(11-16(21-13)23-5-4-19-12-23)22-6-8-24(9-7-22)30(26,27)14-3-10-29-17(14)18(25)28-2/h3-5,10-12H,6-9H2,1-2H3. The van der Waals surface area contributed by atoms with E-state index in [0.717, 1.165) is 17.2 Å². The average molecular weight is 449 g/mol. The molecule has 1 fully saturated rings. The number of ether oxygens (including phenoxy) is 1. The number of anilines is 1. The first-order valence-corrected chi connectivity index (χ1v) is 11.5. The second kappa shape index (κ2) is 8.13. The Hall–Kier alpha value is -2.83. The number of hydrogen-bond donors (Lipinski definition) is 0. The molecule has 30 heavy (non-hydrogen) atoms. The fraction of sp³-hybridized carbons (Fsp3) is 0.333. The van der Waals surface area contributed by atoms with Gasteiger partial charge in [-0.15, -0.1) is 11.3 Å². The molecule has 1 aliphatic rings. The van der Waals surface area contributed by atoms with Crippen molar-refractivity contribution in [2.45, 2.75) is 11.8 Å². The number of piperazine rings is 1. The van der Waals surface area contributed by atoms with Crippen LogP contribution in [-0.4, -0.2) is 71.5 Å². The van der Waals surface area contributed by atoms with E-state index in [2.05, 4.69) is 15.0 Å². The lowest BCUT2D eigenvalue weighted by atomic mass is 10.3. The van der Waals surface area contributed by atoms with Gasteiger partial charge in [0.05, 0.1) is 7.11 Å². The normalized spacial score (nSPS) is 15.3. The molecule has 4 heterocycles. The van der Waals surface area contributed by atoms with Crippen LogP contribution in [0.2, 0.25) is 0 Å². The minimum Gasteiger partial charge on any atom is -0.465 e. The number of carbonyl (C=O) groups is 1. The third kappa shape index (κ3) is 3.80. The molecule has 0 unspecified atom stereocenters. The van der Waals surface area contributed by atoms with Gasteiger partial charge in [-0.2, -0.15) is 4.31 Å². The van der Waals surface area contributed by atoms with Crippen molar-refractivity contribution in [1.82, 2.24) is 23.8 Å². The lowest BCUT2D eigenvalue weighted by Crippen LogP contribution is -2.49. The molecule has 0 amide bonds. The number of nitrogens with zero attached hydrogens (tertiary/aromatic N) is 6. The van der Waals surface area contributed by atoms with Crippen LogP contribution in [0, 0.1) is 6.92 Å². The van der Waals surface area contributed by atoms with E-state index in [1.807, 2.05) is 17.9 Å². The van der Waals surface area contributed by atoms with Crippen molar-refractivity contribution in [1.29, 1.82) is 0 Å². The van der Waals surface area contributed by atoms with Gasteiger partial charge < -0.3 is 9.64 Å². The zero-order valence-corrected chi connectivity index (χ0v) is 18.1. The number of methoxy groups -OCH3 is 1. The van der Waals surface area contributed by atoms with Gasteiger partial charge in [0, 0.05) is 44.6 Å². The Morgan fingerprint density at radius 3 is 2.57 bits per heavy atom. The SMILES string of the molecule is COC(=O)c1sccc1S(=O)(=O)N1CCN(c2cc(-n3ccnc3)nc(C)n2)CC1. The highest BCUT2D eigenvalue weighted by molar-refractivity contribution is 7.89. The van der Waals surface area contributed by atoms with Crippen LogP contribution in [0.25, 0.3) is 5.82 Å². The first-order chi connectivity index (χ1) is 14.4. The number of carbonyl (C=O) groups excluding carboxylic acids is 1. The summed E-state index contributed by atoms with van der Waals surface area (Å²) in [6.45, 7) is 3.31. The highest BCUT2D eigenvalue weighted by atomic mass is 32.2. The second-order valence-electron chi connectivity index (χ2n) is 6.60. The summed E-state index contributed by atoms with van der Waals surface area (Å²) in [5.41, 5.74) is 0. The van der Waals surface area contributed by atoms with E-state index in [1.54, 1.807) is 28.7 Å². The Morgan fingerprint density at radius 1 is 1.17 bits per heavy atom. The molecule has 0 saturated carbocycles. The van der Waals surface area contributed by atoms with E-state index >= 15 is 0 Å². The van der Waals surface area contributed by atoms with Crippen LogP contribution >= 0.6 is 11.3 Å². The Bertz CT molecular complexity index is 1150. The molecule has 3 aromatic heterocycles. The third-order valence-corrected chi connectivity index (χ3v) is 7.72. The number of rotatable bonds is 5. The predicted molar refractivity (Wildman–Crippen MR) is 111 cm³/mol. The summed E-state index contributed by atoms with van der Waals surface area (Å²) >= 11 is 1.06. The number of aryl methyl sites for hydroxylation is 1. The van der Waals surface area contributed by atoms with E-state index in [4.69, 9.17) is 4.74 Å². The summed E-state index contributed by atoms with van der Waals surface area (Å²) in [4.78, 5) is 27.0. The smallest absolute Gasteiger partial charge is 0.349 e. The third-order valence-electron chi connectivity index (χ3n) is 4.76. The molecule has 0 radical (unpaired) electrons. The van der Waals surface area contributed by atoms with Gasteiger partial charge in [-0.3, -0.25) is 4.57 Å². The number of thiophene rings is 1. The quantitative estimate of drug-likeness (QED) is 0.538. The maximum atomic E-state index is 13.1. The van der Waals surface area contributed by atoms with Gasteiger partial charge >= 0.3 is 5.97 Å². The van der Waals surface area contributed by atoms with Crippen molar-refractivity contribution in [3.8, 4) is 5.82 Å². The van der Waals surface area contributed by atoms with Gasteiger partial charge in [-0.1, -0.05) is 0 Å². The van der Waals surface area contributed by atoms with Crippen molar-refractivity contribution in [2.24, 2.45) is 0 Å². The van der Waals surface area contributed by atoms with Gasteiger partial charge in [-0.05, 0) is 18.4 Å². The van der Waals surface area contributed by atoms with Crippen LogP contribution in [0.4, 0.5) is 5.82 Å². The lowest BCUT2D eigenvalue weighted by Gasteiger charge is -2.34. The first-order valence-electron chi connectivity index (χ1n) is 9.15. The Morgan fingerprint density at radius 2 is 1.90 bits per heavy atom. The van der Waals surface area contributed by atoms with E-state index in [1.165, 1.54) is 17.5 Å². The zero-order valence-electron chi connectivity index (χ0n) is 16.4. The zero-order chi connectivity index (χ0) is 21.3. The van der Waals surface area contributed by atoms with Gasteiger partial charge in [0.2, 0.25) is 10.0 Å². The number of imidazole rings is 1. The molecule has 0 spiro atoms. The maximum Gasteiger partial charge on any atom is 0.349 e. The van der Waals surface area contributed by atoms with E-state index in [0.29, 0.717) is 24.7 Å².